The third-order valence-corrected chi connectivity index (χ3v) is 4.63. The SMILES string of the molecule is CC(C)OCCCNC(=O)COc1cc2oc(=O)cc(-c3ccccc3)c2cc1Cl. The number of amides is 1. The lowest BCUT2D eigenvalue weighted by Crippen LogP contribution is -2.30. The zero-order valence-corrected chi connectivity index (χ0v) is 17.7. The summed E-state index contributed by atoms with van der Waals surface area (Å²) in [7, 11) is 0. The van der Waals surface area contributed by atoms with Gasteiger partial charge >= 0.3 is 5.63 Å². The van der Waals surface area contributed by atoms with Crippen LogP contribution in [0.25, 0.3) is 22.1 Å². The number of hydrogen-bond donors (Lipinski definition) is 1. The molecule has 7 heteroatoms. The highest BCUT2D eigenvalue weighted by molar-refractivity contribution is 6.33. The van der Waals surface area contributed by atoms with Gasteiger partial charge in [0.1, 0.15) is 11.3 Å². The molecule has 0 atom stereocenters. The molecule has 0 fully saturated rings. The number of fused-ring (bicyclic) bond motifs is 1. The Hall–Kier alpha value is -2.83. The molecule has 158 valence electrons. The van der Waals surface area contributed by atoms with Gasteiger partial charge in [-0.3, -0.25) is 4.79 Å². The predicted molar refractivity (Wildman–Crippen MR) is 117 cm³/mol. The monoisotopic (exact) mass is 429 g/mol. The van der Waals surface area contributed by atoms with Crippen molar-refractivity contribution in [3.05, 3.63) is 64.0 Å². The van der Waals surface area contributed by atoms with Gasteiger partial charge in [0.25, 0.3) is 5.91 Å². The van der Waals surface area contributed by atoms with Crippen LogP contribution in [0.3, 0.4) is 0 Å². The summed E-state index contributed by atoms with van der Waals surface area (Å²) in [5, 5.41) is 3.78. The number of halogens is 1. The normalized spacial score (nSPS) is 11.1. The molecule has 0 spiro atoms. The smallest absolute Gasteiger partial charge is 0.336 e. The van der Waals surface area contributed by atoms with Crippen molar-refractivity contribution in [2.24, 2.45) is 0 Å². The van der Waals surface area contributed by atoms with E-state index in [-0.39, 0.29) is 24.4 Å². The number of hydrogen-bond acceptors (Lipinski definition) is 5. The third kappa shape index (κ3) is 5.84. The van der Waals surface area contributed by atoms with Crippen molar-refractivity contribution in [3.63, 3.8) is 0 Å². The summed E-state index contributed by atoms with van der Waals surface area (Å²) in [6.07, 6.45) is 0.884. The first-order chi connectivity index (χ1) is 14.4. The lowest BCUT2D eigenvalue weighted by Gasteiger charge is -2.12. The predicted octanol–water partition coefficient (Wildman–Crippen LogP) is 4.42. The zero-order chi connectivity index (χ0) is 21.5. The van der Waals surface area contributed by atoms with Crippen molar-refractivity contribution >= 4 is 28.5 Å². The first-order valence-corrected chi connectivity index (χ1v) is 10.2. The summed E-state index contributed by atoms with van der Waals surface area (Å²) >= 11 is 6.37. The molecular formula is C23H24ClNO5. The first kappa shape index (κ1) is 21.9. The van der Waals surface area contributed by atoms with Crippen LogP contribution in [0.15, 0.2) is 57.7 Å². The Morgan fingerprint density at radius 2 is 1.93 bits per heavy atom. The molecule has 30 heavy (non-hydrogen) atoms. The number of carbonyl (C=O) groups excluding carboxylic acids is 1. The number of benzene rings is 2. The van der Waals surface area contributed by atoms with E-state index in [0.717, 1.165) is 11.1 Å². The van der Waals surface area contributed by atoms with Crippen molar-refractivity contribution in [2.75, 3.05) is 19.8 Å². The number of ether oxygens (including phenoxy) is 2. The summed E-state index contributed by atoms with van der Waals surface area (Å²) in [5.74, 6) is 0.00557. The first-order valence-electron chi connectivity index (χ1n) is 9.78. The van der Waals surface area contributed by atoms with Crippen LogP contribution in [-0.4, -0.2) is 31.8 Å². The van der Waals surface area contributed by atoms with E-state index in [4.69, 9.17) is 25.5 Å². The van der Waals surface area contributed by atoms with Crippen LogP contribution in [0.4, 0.5) is 0 Å². The summed E-state index contributed by atoms with van der Waals surface area (Å²) in [5.41, 5.74) is 1.46. The lowest BCUT2D eigenvalue weighted by atomic mass is 10.0. The molecular weight excluding hydrogens is 406 g/mol. The highest BCUT2D eigenvalue weighted by atomic mass is 35.5. The van der Waals surface area contributed by atoms with Gasteiger partial charge in [-0.2, -0.15) is 0 Å². The van der Waals surface area contributed by atoms with Gasteiger partial charge in [-0.1, -0.05) is 41.9 Å². The molecule has 3 rings (SSSR count). The van der Waals surface area contributed by atoms with E-state index < -0.39 is 5.63 Å². The van der Waals surface area contributed by atoms with Gasteiger partial charge in [-0.25, -0.2) is 4.79 Å². The van der Waals surface area contributed by atoms with E-state index in [9.17, 15) is 9.59 Å². The zero-order valence-electron chi connectivity index (χ0n) is 16.9. The van der Waals surface area contributed by atoms with Crippen molar-refractivity contribution in [2.45, 2.75) is 26.4 Å². The molecule has 0 saturated carbocycles. The van der Waals surface area contributed by atoms with Gasteiger partial charge < -0.3 is 19.2 Å². The van der Waals surface area contributed by atoms with Crippen LogP contribution in [-0.2, 0) is 9.53 Å². The van der Waals surface area contributed by atoms with E-state index in [1.54, 1.807) is 6.07 Å². The second-order valence-electron chi connectivity index (χ2n) is 7.04. The number of nitrogens with one attached hydrogen (secondary N) is 1. The van der Waals surface area contributed by atoms with Gasteiger partial charge in [-0.15, -0.1) is 0 Å². The standard InChI is InChI=1S/C23H24ClNO5/c1-15(2)28-10-6-9-25-22(26)14-29-21-13-20-18(11-19(21)24)17(12-23(27)30-20)16-7-4-3-5-8-16/h3-5,7-8,11-13,15H,6,9-10,14H2,1-2H3,(H,25,26). The minimum absolute atomic E-state index is 0.168. The fraction of sp³-hybridized carbons (Fsp3) is 0.304. The summed E-state index contributed by atoms with van der Waals surface area (Å²) in [6, 6.07) is 14.1. The van der Waals surface area contributed by atoms with Gasteiger partial charge in [0.15, 0.2) is 6.61 Å². The minimum atomic E-state index is -0.476. The van der Waals surface area contributed by atoms with Crippen LogP contribution in [0.2, 0.25) is 5.02 Å². The molecule has 1 heterocycles. The Balaban J connectivity index is 1.70. The van der Waals surface area contributed by atoms with Crippen LogP contribution in [0.5, 0.6) is 5.75 Å². The molecule has 1 aromatic heterocycles. The Morgan fingerprint density at radius 3 is 2.67 bits per heavy atom. The van der Waals surface area contributed by atoms with E-state index in [0.29, 0.717) is 35.6 Å². The third-order valence-electron chi connectivity index (χ3n) is 4.34. The Kier molecular flexibility index (Phi) is 7.49. The van der Waals surface area contributed by atoms with E-state index in [1.165, 1.54) is 12.1 Å². The minimum Gasteiger partial charge on any atom is -0.482 e. The lowest BCUT2D eigenvalue weighted by molar-refractivity contribution is -0.123. The second kappa shape index (κ2) is 10.3. The molecule has 0 aliphatic heterocycles. The maximum absolute atomic E-state index is 12.0. The molecule has 2 aromatic carbocycles. The van der Waals surface area contributed by atoms with Crippen molar-refractivity contribution in [1.82, 2.24) is 5.32 Å². The maximum Gasteiger partial charge on any atom is 0.336 e. The van der Waals surface area contributed by atoms with E-state index in [2.05, 4.69) is 5.32 Å². The quantitative estimate of drug-likeness (QED) is 0.402. The summed E-state index contributed by atoms with van der Waals surface area (Å²) in [6.45, 7) is 4.81. The van der Waals surface area contributed by atoms with Crippen LogP contribution in [0, 0.1) is 0 Å². The van der Waals surface area contributed by atoms with Gasteiger partial charge in [-0.05, 0) is 37.5 Å². The molecule has 0 bridgehead atoms. The summed E-state index contributed by atoms with van der Waals surface area (Å²) < 4.78 is 16.3. The van der Waals surface area contributed by atoms with Crippen molar-refractivity contribution < 1.29 is 18.7 Å². The fourth-order valence-corrected chi connectivity index (χ4v) is 3.16. The molecule has 0 saturated heterocycles. The molecule has 0 unspecified atom stereocenters. The Labute approximate surface area is 179 Å². The van der Waals surface area contributed by atoms with Crippen LogP contribution in [0.1, 0.15) is 20.3 Å². The highest BCUT2D eigenvalue weighted by Crippen LogP contribution is 2.34. The van der Waals surface area contributed by atoms with E-state index >= 15 is 0 Å². The van der Waals surface area contributed by atoms with Crippen molar-refractivity contribution in [1.29, 1.82) is 0 Å². The van der Waals surface area contributed by atoms with Gasteiger partial charge in [0.05, 0.1) is 11.1 Å². The van der Waals surface area contributed by atoms with Crippen LogP contribution >= 0.6 is 11.6 Å². The molecule has 0 radical (unpaired) electrons. The highest BCUT2D eigenvalue weighted by Gasteiger charge is 2.13. The number of rotatable bonds is 9. The molecule has 1 N–H and O–H groups in total. The number of carbonyl (C=O) groups is 1. The second-order valence-corrected chi connectivity index (χ2v) is 7.44. The Bertz CT molecular complexity index is 1060. The van der Waals surface area contributed by atoms with Crippen molar-refractivity contribution in [3.8, 4) is 16.9 Å². The average Bonchev–Trinajstić information content (AvgIpc) is 2.72. The summed E-state index contributed by atoms with van der Waals surface area (Å²) in [4.78, 5) is 24.0. The molecule has 6 nitrogen and oxygen atoms in total. The fourth-order valence-electron chi connectivity index (χ4n) is 2.94. The largest absolute Gasteiger partial charge is 0.482 e. The molecule has 0 aliphatic rings. The average molecular weight is 430 g/mol. The van der Waals surface area contributed by atoms with Gasteiger partial charge in [0.2, 0.25) is 0 Å². The topological polar surface area (TPSA) is 77.8 Å². The molecule has 1 amide bonds. The molecule has 3 aromatic rings. The molecule has 0 aliphatic carbocycles. The van der Waals surface area contributed by atoms with Crippen LogP contribution < -0.4 is 15.7 Å². The maximum atomic E-state index is 12.0. The van der Waals surface area contributed by atoms with E-state index in [1.807, 2.05) is 44.2 Å². The van der Waals surface area contributed by atoms with Gasteiger partial charge in [0, 0.05) is 30.7 Å². The Morgan fingerprint density at radius 1 is 1.17 bits per heavy atom.